The van der Waals surface area contributed by atoms with Gasteiger partial charge in [-0.15, -0.1) is 0 Å². The molecule has 0 unspecified atom stereocenters. The summed E-state index contributed by atoms with van der Waals surface area (Å²) in [5.74, 6) is 2.44. The molecule has 20 heavy (non-hydrogen) atoms. The summed E-state index contributed by atoms with van der Waals surface area (Å²) in [7, 11) is 0. The van der Waals surface area contributed by atoms with Gasteiger partial charge in [0.25, 0.3) is 0 Å². The number of nitrogens with one attached hydrogen (secondary N) is 1. The van der Waals surface area contributed by atoms with E-state index < -0.39 is 0 Å². The van der Waals surface area contributed by atoms with Crippen molar-refractivity contribution in [2.75, 3.05) is 32.8 Å². The standard InChI is InChI=1S/C17H32N2O/c1-13(2)17-15(7-10-20-17)11-18-16-5-8-19(9-6-16)12-14-3-4-14/h13-18H,3-12H2,1-2H3/t15-,17-/m1/s1. The van der Waals surface area contributed by atoms with Crippen molar-refractivity contribution in [3.63, 3.8) is 0 Å². The minimum Gasteiger partial charge on any atom is -0.378 e. The molecule has 2 saturated heterocycles. The van der Waals surface area contributed by atoms with Crippen LogP contribution in [0.3, 0.4) is 0 Å². The number of piperidine rings is 1. The predicted molar refractivity (Wildman–Crippen MR) is 82.9 cm³/mol. The first-order chi connectivity index (χ1) is 9.72. The third kappa shape index (κ3) is 3.96. The van der Waals surface area contributed by atoms with Gasteiger partial charge >= 0.3 is 0 Å². The van der Waals surface area contributed by atoms with Crippen molar-refractivity contribution >= 4 is 0 Å². The Morgan fingerprint density at radius 1 is 1.10 bits per heavy atom. The van der Waals surface area contributed by atoms with Crippen LogP contribution in [0.5, 0.6) is 0 Å². The van der Waals surface area contributed by atoms with Gasteiger partial charge in [-0.05, 0) is 62.9 Å². The molecule has 0 amide bonds. The molecule has 3 heteroatoms. The van der Waals surface area contributed by atoms with Gasteiger partial charge < -0.3 is 15.0 Å². The van der Waals surface area contributed by atoms with E-state index in [1.165, 1.54) is 51.7 Å². The van der Waals surface area contributed by atoms with E-state index in [1.807, 2.05) is 0 Å². The highest BCUT2D eigenvalue weighted by Crippen LogP contribution is 2.30. The van der Waals surface area contributed by atoms with Gasteiger partial charge in [0.2, 0.25) is 0 Å². The highest BCUT2D eigenvalue weighted by molar-refractivity contribution is 4.85. The number of ether oxygens (including phenoxy) is 1. The first kappa shape index (κ1) is 14.8. The summed E-state index contributed by atoms with van der Waals surface area (Å²) in [6.45, 7) is 10.7. The Morgan fingerprint density at radius 2 is 1.85 bits per heavy atom. The molecule has 1 aliphatic carbocycles. The maximum Gasteiger partial charge on any atom is 0.0639 e. The third-order valence-electron chi connectivity index (χ3n) is 5.39. The van der Waals surface area contributed by atoms with Crippen molar-refractivity contribution in [2.45, 2.75) is 58.1 Å². The molecule has 0 spiro atoms. The molecule has 3 rings (SSSR count). The van der Waals surface area contributed by atoms with E-state index in [-0.39, 0.29) is 0 Å². The average Bonchev–Trinajstić information content (AvgIpc) is 3.12. The van der Waals surface area contributed by atoms with Gasteiger partial charge in [-0.2, -0.15) is 0 Å². The molecule has 1 saturated carbocycles. The molecule has 3 nitrogen and oxygen atoms in total. The molecule has 2 atom stereocenters. The van der Waals surface area contributed by atoms with Gasteiger partial charge in [-0.3, -0.25) is 0 Å². The summed E-state index contributed by atoms with van der Waals surface area (Å²) in [6, 6.07) is 0.749. The van der Waals surface area contributed by atoms with Gasteiger partial charge in [0.15, 0.2) is 0 Å². The lowest BCUT2D eigenvalue weighted by Crippen LogP contribution is -2.45. The predicted octanol–water partition coefficient (Wildman–Crippen LogP) is 2.51. The second kappa shape index (κ2) is 6.76. The molecule has 2 aliphatic heterocycles. The summed E-state index contributed by atoms with van der Waals surface area (Å²) in [6.07, 6.45) is 7.38. The first-order valence-electron chi connectivity index (χ1n) is 8.79. The maximum absolute atomic E-state index is 5.89. The first-order valence-corrected chi connectivity index (χ1v) is 8.79. The fourth-order valence-corrected chi connectivity index (χ4v) is 3.91. The topological polar surface area (TPSA) is 24.5 Å². The zero-order chi connectivity index (χ0) is 13.9. The van der Waals surface area contributed by atoms with Crippen LogP contribution in [0, 0.1) is 17.8 Å². The van der Waals surface area contributed by atoms with Crippen molar-refractivity contribution in [1.29, 1.82) is 0 Å². The molecule has 0 aromatic heterocycles. The smallest absolute Gasteiger partial charge is 0.0639 e. The molecule has 3 fully saturated rings. The van der Waals surface area contributed by atoms with Crippen LogP contribution in [-0.2, 0) is 4.74 Å². The lowest BCUT2D eigenvalue weighted by atomic mass is 9.92. The Hall–Kier alpha value is -0.120. The Morgan fingerprint density at radius 3 is 2.50 bits per heavy atom. The van der Waals surface area contributed by atoms with Gasteiger partial charge in [-0.25, -0.2) is 0 Å². The molecular weight excluding hydrogens is 248 g/mol. The summed E-state index contributed by atoms with van der Waals surface area (Å²) >= 11 is 0. The SMILES string of the molecule is CC(C)[C@H]1OCC[C@@H]1CNC1CCN(CC2CC2)CC1. The van der Waals surface area contributed by atoms with E-state index in [4.69, 9.17) is 4.74 Å². The van der Waals surface area contributed by atoms with Crippen molar-refractivity contribution in [1.82, 2.24) is 10.2 Å². The Bertz CT molecular complexity index is 295. The summed E-state index contributed by atoms with van der Waals surface area (Å²) in [5.41, 5.74) is 0. The van der Waals surface area contributed by atoms with Crippen molar-refractivity contribution in [3.05, 3.63) is 0 Å². The molecular formula is C17H32N2O. The highest BCUT2D eigenvalue weighted by atomic mass is 16.5. The average molecular weight is 280 g/mol. The van der Waals surface area contributed by atoms with E-state index in [0.717, 1.165) is 31.0 Å². The molecule has 0 aromatic rings. The fraction of sp³-hybridized carbons (Fsp3) is 1.00. The summed E-state index contributed by atoms with van der Waals surface area (Å²) < 4.78 is 5.89. The van der Waals surface area contributed by atoms with Crippen molar-refractivity contribution in [2.24, 2.45) is 17.8 Å². The van der Waals surface area contributed by atoms with E-state index in [1.54, 1.807) is 0 Å². The highest BCUT2D eigenvalue weighted by Gasteiger charge is 2.31. The molecule has 0 radical (unpaired) electrons. The van der Waals surface area contributed by atoms with Crippen LogP contribution in [0.25, 0.3) is 0 Å². The lowest BCUT2D eigenvalue weighted by molar-refractivity contribution is 0.0526. The van der Waals surface area contributed by atoms with Crippen LogP contribution in [0.1, 0.15) is 46.0 Å². The lowest BCUT2D eigenvalue weighted by Gasteiger charge is -2.33. The maximum atomic E-state index is 5.89. The Kier molecular flexibility index (Phi) is 5.00. The van der Waals surface area contributed by atoms with E-state index in [0.29, 0.717) is 12.0 Å². The Balaban J connectivity index is 1.34. The second-order valence-electron chi connectivity index (χ2n) is 7.55. The third-order valence-corrected chi connectivity index (χ3v) is 5.39. The molecule has 0 aromatic carbocycles. The number of likely N-dealkylation sites (tertiary alicyclic amines) is 1. The monoisotopic (exact) mass is 280 g/mol. The molecule has 0 bridgehead atoms. The zero-order valence-electron chi connectivity index (χ0n) is 13.3. The van der Waals surface area contributed by atoms with Crippen LogP contribution >= 0.6 is 0 Å². The number of hydrogen-bond donors (Lipinski definition) is 1. The van der Waals surface area contributed by atoms with Gasteiger partial charge in [-0.1, -0.05) is 13.8 Å². The van der Waals surface area contributed by atoms with Crippen LogP contribution in [-0.4, -0.2) is 49.8 Å². The van der Waals surface area contributed by atoms with Gasteiger partial charge in [0.05, 0.1) is 6.10 Å². The van der Waals surface area contributed by atoms with Crippen molar-refractivity contribution in [3.8, 4) is 0 Å². The van der Waals surface area contributed by atoms with Crippen LogP contribution in [0.4, 0.5) is 0 Å². The van der Waals surface area contributed by atoms with E-state index in [9.17, 15) is 0 Å². The van der Waals surface area contributed by atoms with E-state index >= 15 is 0 Å². The van der Waals surface area contributed by atoms with Crippen molar-refractivity contribution < 1.29 is 4.74 Å². The Labute approximate surface area is 124 Å². The fourth-order valence-electron chi connectivity index (χ4n) is 3.91. The van der Waals surface area contributed by atoms with Crippen LogP contribution < -0.4 is 5.32 Å². The van der Waals surface area contributed by atoms with Crippen LogP contribution in [0.2, 0.25) is 0 Å². The second-order valence-corrected chi connectivity index (χ2v) is 7.55. The minimum atomic E-state index is 0.484. The zero-order valence-corrected chi connectivity index (χ0v) is 13.3. The van der Waals surface area contributed by atoms with Gasteiger partial charge in [0, 0.05) is 25.7 Å². The quantitative estimate of drug-likeness (QED) is 0.809. The normalized spacial score (nSPS) is 33.1. The van der Waals surface area contributed by atoms with Crippen LogP contribution in [0.15, 0.2) is 0 Å². The minimum absolute atomic E-state index is 0.484. The largest absolute Gasteiger partial charge is 0.378 e. The molecule has 3 aliphatic rings. The van der Waals surface area contributed by atoms with Gasteiger partial charge in [0.1, 0.15) is 0 Å². The number of rotatable bonds is 6. The van der Waals surface area contributed by atoms with E-state index in [2.05, 4.69) is 24.1 Å². The summed E-state index contributed by atoms with van der Waals surface area (Å²) in [5, 5.41) is 3.83. The number of hydrogen-bond acceptors (Lipinski definition) is 3. The molecule has 2 heterocycles. The molecule has 1 N–H and O–H groups in total. The molecule has 116 valence electrons. The number of nitrogens with zero attached hydrogens (tertiary/aromatic N) is 1. The summed E-state index contributed by atoms with van der Waals surface area (Å²) in [4.78, 5) is 2.69.